The molecular weight excluding hydrogens is 435 g/mol. The molecule has 4 aromatic rings. The van der Waals surface area contributed by atoms with Crippen molar-refractivity contribution < 1.29 is 9.18 Å². The molecule has 4 rings (SSSR count). The molecule has 0 bridgehead atoms. The van der Waals surface area contributed by atoms with E-state index in [2.05, 4.69) is 19.9 Å². The predicted octanol–water partition coefficient (Wildman–Crippen LogP) is 2.11. The fourth-order valence-electron chi connectivity index (χ4n) is 3.55. The normalized spacial score (nSPS) is 12.8. The second-order valence-electron chi connectivity index (χ2n) is 8.90. The summed E-state index contributed by atoms with van der Waals surface area (Å²) in [5, 5.41) is 0.131. The Labute approximate surface area is 193 Å². The average molecular weight is 458 g/mol. The largest absolute Gasteiger partial charge is 0.348 e. The van der Waals surface area contributed by atoms with E-state index in [1.165, 1.54) is 36.4 Å². The summed E-state index contributed by atoms with van der Waals surface area (Å²) in [7, 11) is 0. The lowest BCUT2D eigenvalue weighted by molar-refractivity contribution is 0.103. The van der Waals surface area contributed by atoms with Gasteiger partial charge < -0.3 is 15.0 Å². The summed E-state index contributed by atoms with van der Waals surface area (Å²) in [6.45, 7) is 6.04. The first-order valence-electron chi connectivity index (χ1n) is 10.6. The van der Waals surface area contributed by atoms with Gasteiger partial charge in [-0.25, -0.2) is 9.37 Å². The smallest absolute Gasteiger partial charge is 0.272 e. The number of benzene rings is 2. The number of imidazole rings is 1. The van der Waals surface area contributed by atoms with Crippen LogP contribution in [0.2, 0.25) is 0 Å². The number of carbonyl (C=O) groups excluding carboxylic acids is 1. The lowest BCUT2D eigenvalue weighted by Gasteiger charge is -2.16. The van der Waals surface area contributed by atoms with Crippen LogP contribution in [0.25, 0.3) is 12.2 Å². The maximum Gasteiger partial charge on any atom is 0.272 e. The van der Waals surface area contributed by atoms with Gasteiger partial charge in [0.1, 0.15) is 16.5 Å². The van der Waals surface area contributed by atoms with Gasteiger partial charge in [-0.1, -0.05) is 39.0 Å². The molecule has 0 radical (unpaired) electrons. The number of H-pyrrole nitrogens is 3. The van der Waals surface area contributed by atoms with Gasteiger partial charge in [0.05, 0.1) is 12.0 Å². The second-order valence-corrected chi connectivity index (χ2v) is 8.90. The van der Waals surface area contributed by atoms with Crippen molar-refractivity contribution >= 4 is 17.9 Å². The van der Waals surface area contributed by atoms with Gasteiger partial charge in [0.25, 0.3) is 11.1 Å². The zero-order valence-corrected chi connectivity index (χ0v) is 18.9. The summed E-state index contributed by atoms with van der Waals surface area (Å²) >= 11 is 0. The van der Waals surface area contributed by atoms with E-state index in [0.29, 0.717) is 22.4 Å². The molecule has 0 aliphatic heterocycles. The van der Waals surface area contributed by atoms with Gasteiger partial charge in [0.2, 0.25) is 0 Å². The minimum Gasteiger partial charge on any atom is -0.348 e. The third-order valence-corrected chi connectivity index (χ3v) is 5.25. The number of rotatable bonds is 4. The monoisotopic (exact) mass is 458 g/mol. The molecule has 0 saturated carbocycles. The highest BCUT2D eigenvalue weighted by Crippen LogP contribution is 2.22. The third-order valence-electron chi connectivity index (χ3n) is 5.25. The molecule has 8 heteroatoms. The summed E-state index contributed by atoms with van der Waals surface area (Å²) in [5.74, 6) is -0.708. The number of hydrogen-bond acceptors (Lipinski definition) is 4. The molecule has 3 N–H and O–H groups in total. The number of halogens is 1. The Morgan fingerprint density at radius 3 is 2.21 bits per heavy atom. The minimum absolute atomic E-state index is 0.0478. The van der Waals surface area contributed by atoms with Gasteiger partial charge in [0.15, 0.2) is 5.78 Å². The van der Waals surface area contributed by atoms with E-state index in [-0.39, 0.29) is 21.9 Å². The first kappa shape index (κ1) is 22.8. The standard InChI is InChI=1S/C26H23FN4O3/c1-26(2,3)23-19(28-14-29-23)13-21-25(34)30-20(24(33)31-21)12-15-5-4-6-17(11-15)22(32)16-7-9-18(27)10-8-16/h4-14H,1-3H3,(H,28,29)(H,30,34)(H,31,33)/b20-12+,21-13-. The Balaban J connectivity index is 1.72. The number of nitrogens with zero attached hydrogens (tertiary/aromatic N) is 1. The van der Waals surface area contributed by atoms with Crippen molar-refractivity contribution in [2.75, 3.05) is 0 Å². The Bertz CT molecular complexity index is 1600. The highest BCUT2D eigenvalue weighted by atomic mass is 19.1. The highest BCUT2D eigenvalue weighted by Gasteiger charge is 2.19. The number of ketones is 1. The molecule has 34 heavy (non-hydrogen) atoms. The number of aromatic amines is 3. The number of hydrogen-bond donors (Lipinski definition) is 3. The van der Waals surface area contributed by atoms with Gasteiger partial charge in [-0.3, -0.25) is 14.4 Å². The van der Waals surface area contributed by atoms with Crippen LogP contribution in [0, 0.1) is 5.82 Å². The third kappa shape index (κ3) is 4.85. The van der Waals surface area contributed by atoms with Crippen molar-refractivity contribution in [1.82, 2.24) is 19.9 Å². The van der Waals surface area contributed by atoms with Crippen LogP contribution in [-0.4, -0.2) is 25.7 Å². The van der Waals surface area contributed by atoms with Crippen LogP contribution < -0.4 is 21.8 Å². The lowest BCUT2D eigenvalue weighted by atomic mass is 9.90. The SMILES string of the molecule is CC(C)(C)c1[nH]cnc1/C=c1\[nH]c(=O)/c(=C\c2cccc(C(=O)c3ccc(F)cc3)c2)[nH]c1=O. The Hall–Kier alpha value is -4.33. The van der Waals surface area contributed by atoms with Gasteiger partial charge in [-0.15, -0.1) is 0 Å². The molecule has 0 fully saturated rings. The molecule has 0 aliphatic carbocycles. The van der Waals surface area contributed by atoms with Crippen LogP contribution >= 0.6 is 0 Å². The van der Waals surface area contributed by atoms with Gasteiger partial charge in [-0.05, 0) is 48.0 Å². The Kier molecular flexibility index (Phi) is 5.98. The fraction of sp³-hybridized carbons (Fsp3) is 0.154. The molecular formula is C26H23FN4O3. The van der Waals surface area contributed by atoms with Crippen molar-refractivity contribution in [1.29, 1.82) is 0 Å². The summed E-state index contributed by atoms with van der Waals surface area (Å²) in [6.07, 6.45) is 4.56. The van der Waals surface area contributed by atoms with Crippen LogP contribution in [0.15, 0.2) is 64.4 Å². The molecule has 2 heterocycles. The molecule has 0 spiro atoms. The van der Waals surface area contributed by atoms with E-state index < -0.39 is 16.9 Å². The zero-order valence-electron chi connectivity index (χ0n) is 18.9. The Morgan fingerprint density at radius 2 is 1.56 bits per heavy atom. The van der Waals surface area contributed by atoms with Crippen LogP contribution in [0.5, 0.6) is 0 Å². The number of aromatic nitrogens is 4. The first-order chi connectivity index (χ1) is 16.1. The van der Waals surface area contributed by atoms with Crippen molar-refractivity contribution in [3.05, 3.63) is 120 Å². The van der Waals surface area contributed by atoms with Crippen molar-refractivity contribution in [2.24, 2.45) is 0 Å². The van der Waals surface area contributed by atoms with Crippen molar-refractivity contribution in [2.45, 2.75) is 26.2 Å². The highest BCUT2D eigenvalue weighted by molar-refractivity contribution is 6.09. The molecule has 0 amide bonds. The van der Waals surface area contributed by atoms with Crippen LogP contribution in [-0.2, 0) is 5.41 Å². The van der Waals surface area contributed by atoms with Crippen molar-refractivity contribution in [3.8, 4) is 0 Å². The van der Waals surface area contributed by atoms with Crippen LogP contribution in [0.3, 0.4) is 0 Å². The van der Waals surface area contributed by atoms with E-state index in [4.69, 9.17) is 0 Å². The Morgan fingerprint density at radius 1 is 0.912 bits per heavy atom. The van der Waals surface area contributed by atoms with Crippen LogP contribution in [0.1, 0.15) is 53.6 Å². The summed E-state index contributed by atoms with van der Waals surface area (Å²) in [4.78, 5) is 50.6. The molecule has 2 aromatic carbocycles. The zero-order chi connectivity index (χ0) is 24.5. The maximum absolute atomic E-state index is 13.2. The minimum atomic E-state index is -0.492. The quantitative estimate of drug-likeness (QED) is 0.407. The van der Waals surface area contributed by atoms with E-state index in [9.17, 15) is 18.8 Å². The molecule has 0 atom stereocenters. The summed E-state index contributed by atoms with van der Waals surface area (Å²) in [5.41, 5.74) is 1.48. The first-order valence-corrected chi connectivity index (χ1v) is 10.6. The second kappa shape index (κ2) is 8.90. The number of nitrogens with one attached hydrogen (secondary N) is 3. The molecule has 0 aliphatic rings. The van der Waals surface area contributed by atoms with Gasteiger partial charge >= 0.3 is 0 Å². The van der Waals surface area contributed by atoms with E-state index in [1.807, 2.05) is 20.8 Å². The predicted molar refractivity (Wildman–Crippen MR) is 128 cm³/mol. The summed E-state index contributed by atoms with van der Waals surface area (Å²) in [6, 6.07) is 11.9. The topological polar surface area (TPSA) is 111 Å². The molecule has 7 nitrogen and oxygen atoms in total. The average Bonchev–Trinajstić information content (AvgIpc) is 3.26. The van der Waals surface area contributed by atoms with Gasteiger partial charge in [-0.2, -0.15) is 0 Å². The maximum atomic E-state index is 13.2. The molecule has 0 saturated heterocycles. The molecule has 2 aromatic heterocycles. The van der Waals surface area contributed by atoms with E-state index >= 15 is 0 Å². The van der Waals surface area contributed by atoms with E-state index in [0.717, 1.165) is 5.69 Å². The van der Waals surface area contributed by atoms with Crippen molar-refractivity contribution in [3.63, 3.8) is 0 Å². The lowest BCUT2D eigenvalue weighted by Crippen LogP contribution is -2.46. The van der Waals surface area contributed by atoms with E-state index in [1.54, 1.807) is 30.6 Å². The number of carbonyl (C=O) groups is 1. The van der Waals surface area contributed by atoms with Gasteiger partial charge in [0, 0.05) is 22.2 Å². The van der Waals surface area contributed by atoms with Crippen LogP contribution in [0.4, 0.5) is 4.39 Å². The fourth-order valence-corrected chi connectivity index (χ4v) is 3.55. The molecule has 0 unspecified atom stereocenters. The summed E-state index contributed by atoms with van der Waals surface area (Å²) < 4.78 is 13.2. The molecule has 172 valence electrons.